The fourth-order valence-electron chi connectivity index (χ4n) is 6.02. The molecule has 0 radical (unpaired) electrons. The van der Waals surface area contributed by atoms with E-state index in [0.29, 0.717) is 5.41 Å². The van der Waals surface area contributed by atoms with Gasteiger partial charge in [0.15, 0.2) is 0 Å². The van der Waals surface area contributed by atoms with Crippen molar-refractivity contribution in [3.05, 3.63) is 23.9 Å². The van der Waals surface area contributed by atoms with Gasteiger partial charge in [0, 0.05) is 52.6 Å². The molecule has 1 amide bonds. The van der Waals surface area contributed by atoms with Gasteiger partial charge in [-0.1, -0.05) is 92.2 Å². The van der Waals surface area contributed by atoms with Crippen LogP contribution in [0.1, 0.15) is 154 Å². The molecule has 1 aliphatic carbocycles. The van der Waals surface area contributed by atoms with Crippen molar-refractivity contribution in [3.63, 3.8) is 0 Å². The first-order chi connectivity index (χ1) is 21.4. The molecule has 2 aliphatic rings. The Morgan fingerprint density at radius 3 is 1.93 bits per heavy atom. The summed E-state index contributed by atoms with van der Waals surface area (Å²) in [6.07, 6.45) is 16.5. The van der Waals surface area contributed by atoms with Gasteiger partial charge in [0.05, 0.1) is 0 Å². The third-order valence-corrected chi connectivity index (χ3v) is 8.65. The van der Waals surface area contributed by atoms with E-state index in [-0.39, 0.29) is 6.09 Å². The molecule has 2 atom stereocenters. The highest BCUT2D eigenvalue weighted by molar-refractivity contribution is 5.68. The summed E-state index contributed by atoms with van der Waals surface area (Å²) in [5.41, 5.74) is 3.19. The van der Waals surface area contributed by atoms with Gasteiger partial charge in [0.1, 0.15) is 5.60 Å². The van der Waals surface area contributed by atoms with Crippen LogP contribution in [-0.2, 0) is 9.47 Å². The number of methoxy groups -OCH3 is 1. The molecule has 0 spiro atoms. The lowest BCUT2D eigenvalue weighted by atomic mass is 9.74. The molecule has 6 heteroatoms. The number of hydrogen-bond donors (Lipinski definition) is 1. The van der Waals surface area contributed by atoms with Crippen molar-refractivity contribution in [1.29, 1.82) is 0 Å². The lowest BCUT2D eigenvalue weighted by Gasteiger charge is -2.38. The van der Waals surface area contributed by atoms with Gasteiger partial charge in [0.2, 0.25) is 0 Å². The maximum atomic E-state index is 12.3. The van der Waals surface area contributed by atoms with E-state index in [0.717, 1.165) is 45.2 Å². The van der Waals surface area contributed by atoms with Crippen LogP contribution in [-0.4, -0.2) is 75.0 Å². The normalized spacial score (nSPS) is 20.2. The summed E-state index contributed by atoms with van der Waals surface area (Å²) in [7, 11) is 3.25. The molecule has 2 unspecified atom stereocenters. The van der Waals surface area contributed by atoms with Crippen molar-refractivity contribution in [2.45, 2.75) is 159 Å². The molecular formula is C39H81N3O3. The zero-order valence-electron chi connectivity index (χ0n) is 33.0. The third kappa shape index (κ3) is 22.6. The van der Waals surface area contributed by atoms with Crippen LogP contribution in [0.25, 0.3) is 0 Å². The monoisotopic (exact) mass is 640 g/mol. The zero-order chi connectivity index (χ0) is 35.3. The summed E-state index contributed by atoms with van der Waals surface area (Å²) in [5.74, 6) is 0.726. The number of nitrogens with zero attached hydrogens (tertiary/aromatic N) is 2. The molecule has 1 N–H and O–H groups in total. The van der Waals surface area contributed by atoms with Crippen LogP contribution in [0.15, 0.2) is 23.9 Å². The minimum absolute atomic E-state index is 0.175. The lowest BCUT2D eigenvalue weighted by molar-refractivity contribution is 0.0168. The van der Waals surface area contributed by atoms with Crippen molar-refractivity contribution < 1.29 is 14.3 Å². The molecule has 0 bridgehead atoms. The van der Waals surface area contributed by atoms with Gasteiger partial charge >= 0.3 is 6.09 Å². The van der Waals surface area contributed by atoms with Crippen molar-refractivity contribution in [3.8, 4) is 0 Å². The quantitative estimate of drug-likeness (QED) is 0.138. The molecule has 1 saturated carbocycles. The number of allylic oxidation sites excluding steroid dienone is 2. The van der Waals surface area contributed by atoms with Crippen LogP contribution in [0.4, 0.5) is 4.79 Å². The summed E-state index contributed by atoms with van der Waals surface area (Å²) in [5, 5.41) is 3.25. The fraction of sp³-hybridized carbons (Fsp3) is 0.872. The van der Waals surface area contributed by atoms with E-state index in [1.165, 1.54) is 76.3 Å². The molecule has 2 rings (SSSR count). The van der Waals surface area contributed by atoms with Crippen molar-refractivity contribution in [2.75, 3.05) is 53.5 Å². The van der Waals surface area contributed by atoms with Crippen LogP contribution in [0.2, 0.25) is 0 Å². The number of rotatable bonds is 11. The standard InChI is InChI=1S/C25H46N2O2.C8H17N.C2H6O.2C2H6/c1-8-13-25(9-2)14-10-11-22(12-15-25)20(3)21(4)26-16-18-27(19-17-26)23(28)29-24(5,6)7;1-3-5-6-8-9-7-4-2;1-3-2;2*1-2/h22H,8-19H2,1-7H3;4,9H,2-3,5-8H2,1H3;1-2H3;2*1-2H3/b21-20-;;;;. The summed E-state index contributed by atoms with van der Waals surface area (Å²) in [6, 6.07) is 0. The van der Waals surface area contributed by atoms with E-state index >= 15 is 0 Å². The highest BCUT2D eigenvalue weighted by Crippen LogP contribution is 2.45. The molecule has 1 saturated heterocycles. The Bertz CT molecular complexity index is 724. The number of piperazine rings is 1. The van der Waals surface area contributed by atoms with Gasteiger partial charge in [-0.3, -0.25) is 0 Å². The molecule has 1 heterocycles. The molecule has 2 fully saturated rings. The van der Waals surface area contributed by atoms with Crippen LogP contribution >= 0.6 is 0 Å². The molecular weight excluding hydrogens is 558 g/mol. The van der Waals surface area contributed by atoms with Gasteiger partial charge in [-0.05, 0) is 91.0 Å². The maximum Gasteiger partial charge on any atom is 0.410 e. The summed E-state index contributed by atoms with van der Waals surface area (Å²) in [4.78, 5) is 16.7. The molecule has 0 aromatic heterocycles. The van der Waals surface area contributed by atoms with Crippen LogP contribution in [0.5, 0.6) is 0 Å². The highest BCUT2D eigenvalue weighted by Gasteiger charge is 2.32. The molecule has 0 aromatic carbocycles. The minimum atomic E-state index is -0.425. The number of amides is 1. The van der Waals surface area contributed by atoms with Gasteiger partial charge in [-0.2, -0.15) is 0 Å². The first-order valence-corrected chi connectivity index (χ1v) is 18.6. The Hall–Kier alpha value is -1.53. The van der Waals surface area contributed by atoms with Crippen LogP contribution in [0.3, 0.4) is 0 Å². The van der Waals surface area contributed by atoms with Gasteiger partial charge in [0.25, 0.3) is 0 Å². The molecule has 0 aromatic rings. The predicted octanol–water partition coefficient (Wildman–Crippen LogP) is 10.9. The molecule has 270 valence electrons. The maximum absolute atomic E-state index is 12.3. The Balaban J connectivity index is -0.000000920. The third-order valence-electron chi connectivity index (χ3n) is 8.65. The fourth-order valence-corrected chi connectivity index (χ4v) is 6.02. The number of nitrogens with one attached hydrogen (secondary N) is 1. The topological polar surface area (TPSA) is 54.0 Å². The van der Waals surface area contributed by atoms with E-state index in [1.54, 1.807) is 19.8 Å². The van der Waals surface area contributed by atoms with Gasteiger partial charge < -0.3 is 24.6 Å². The summed E-state index contributed by atoms with van der Waals surface area (Å²) >= 11 is 0. The number of hydrogen-bond acceptors (Lipinski definition) is 5. The second-order valence-electron chi connectivity index (χ2n) is 13.1. The second-order valence-corrected chi connectivity index (χ2v) is 13.1. The molecule has 45 heavy (non-hydrogen) atoms. The average molecular weight is 640 g/mol. The van der Waals surface area contributed by atoms with Crippen molar-refractivity contribution >= 4 is 6.09 Å². The first-order valence-electron chi connectivity index (χ1n) is 18.6. The van der Waals surface area contributed by atoms with Crippen molar-refractivity contribution in [1.82, 2.24) is 15.1 Å². The number of carbonyl (C=O) groups excluding carboxylic acids is 1. The molecule has 6 nitrogen and oxygen atoms in total. The van der Waals surface area contributed by atoms with E-state index in [2.05, 4.69) is 56.2 Å². The summed E-state index contributed by atoms with van der Waals surface area (Å²) < 4.78 is 9.79. The Morgan fingerprint density at radius 1 is 0.911 bits per heavy atom. The summed E-state index contributed by atoms with van der Waals surface area (Å²) in [6.45, 7) is 34.4. The van der Waals surface area contributed by atoms with Crippen LogP contribution in [0, 0.1) is 11.3 Å². The van der Waals surface area contributed by atoms with Crippen LogP contribution < -0.4 is 5.32 Å². The number of carbonyl (C=O) groups is 1. The van der Waals surface area contributed by atoms with E-state index in [4.69, 9.17) is 4.74 Å². The predicted molar refractivity (Wildman–Crippen MR) is 200 cm³/mol. The molecule has 1 aliphatic heterocycles. The Labute approximate surface area is 283 Å². The SMILES string of the molecule is C=CCNCCCCC.CC.CC.CCCC1(CC)CCCC(/C(C)=C(/C)N2CCN(C(=O)OC(C)(C)C)CC2)CC1.COC. The average Bonchev–Trinajstić information content (AvgIpc) is 3.25. The van der Waals surface area contributed by atoms with E-state index in [1.807, 2.05) is 59.4 Å². The number of ether oxygens (including phenoxy) is 2. The smallest absolute Gasteiger partial charge is 0.410 e. The van der Waals surface area contributed by atoms with E-state index < -0.39 is 5.60 Å². The zero-order valence-corrected chi connectivity index (χ0v) is 33.0. The number of unbranched alkanes of at least 4 members (excludes halogenated alkanes) is 2. The van der Waals surface area contributed by atoms with E-state index in [9.17, 15) is 4.79 Å². The highest BCUT2D eigenvalue weighted by atomic mass is 16.6. The minimum Gasteiger partial charge on any atom is -0.444 e. The first kappa shape index (κ1) is 47.9. The largest absolute Gasteiger partial charge is 0.444 e. The Kier molecular flexibility index (Phi) is 31.7. The van der Waals surface area contributed by atoms with Crippen molar-refractivity contribution in [2.24, 2.45) is 11.3 Å². The van der Waals surface area contributed by atoms with Gasteiger partial charge in [-0.25, -0.2) is 4.79 Å². The second kappa shape index (κ2) is 29.8. The Morgan fingerprint density at radius 2 is 1.47 bits per heavy atom. The lowest BCUT2D eigenvalue weighted by Crippen LogP contribution is -2.49. The van der Waals surface area contributed by atoms with Gasteiger partial charge in [-0.15, -0.1) is 6.58 Å².